The standard InChI is InChI=1S/C42H24N12/c1-2-10-29-27(9-1)31(38-47-23-50-41(53-38)34-12-4-7-17-44-34)20-26-21-32(39-48-24-51-42(54-39)35-13-5-8-18-45-35)28-15-14-25(19-30(28)36(26)29)37-46-22-49-40(52-37)33-11-3-6-16-43-33/h1-24H. The van der Waals surface area contributed by atoms with Crippen LogP contribution >= 0.6 is 0 Å². The summed E-state index contributed by atoms with van der Waals surface area (Å²) in [4.78, 5) is 55.2. The zero-order valence-electron chi connectivity index (χ0n) is 28.2. The smallest absolute Gasteiger partial charge is 0.181 e. The normalized spacial score (nSPS) is 11.3. The van der Waals surface area contributed by atoms with E-state index in [0.29, 0.717) is 52.0 Å². The van der Waals surface area contributed by atoms with Gasteiger partial charge in [0.05, 0.1) is 0 Å². The van der Waals surface area contributed by atoms with Crippen LogP contribution in [0.2, 0.25) is 0 Å². The van der Waals surface area contributed by atoms with Crippen molar-refractivity contribution in [2.75, 3.05) is 0 Å². The molecule has 0 radical (unpaired) electrons. The lowest BCUT2D eigenvalue weighted by Gasteiger charge is -2.16. The highest BCUT2D eigenvalue weighted by Gasteiger charge is 2.19. The molecule has 0 N–H and O–H groups in total. The van der Waals surface area contributed by atoms with Crippen molar-refractivity contribution in [3.05, 3.63) is 147 Å². The predicted octanol–water partition coefficient (Wildman–Crippen LogP) is 7.89. The van der Waals surface area contributed by atoms with Gasteiger partial charge in [-0.05, 0) is 86.9 Å². The van der Waals surface area contributed by atoms with E-state index in [1.54, 1.807) is 18.6 Å². The van der Waals surface area contributed by atoms with Crippen LogP contribution in [-0.2, 0) is 0 Å². The molecule has 0 spiro atoms. The Morgan fingerprint density at radius 2 is 0.759 bits per heavy atom. The molecule has 0 fully saturated rings. The van der Waals surface area contributed by atoms with Crippen molar-refractivity contribution < 1.29 is 0 Å². The lowest BCUT2D eigenvalue weighted by atomic mass is 9.89. The van der Waals surface area contributed by atoms with Gasteiger partial charge in [0, 0.05) is 35.3 Å². The maximum absolute atomic E-state index is 4.92. The summed E-state index contributed by atoms with van der Waals surface area (Å²) >= 11 is 0. The first-order valence-electron chi connectivity index (χ1n) is 17.0. The Kier molecular flexibility index (Phi) is 7.46. The van der Waals surface area contributed by atoms with E-state index >= 15 is 0 Å². The zero-order valence-corrected chi connectivity index (χ0v) is 28.2. The fourth-order valence-electron chi connectivity index (χ4n) is 6.68. The fraction of sp³-hybridized carbons (Fsp3) is 0. The van der Waals surface area contributed by atoms with Gasteiger partial charge in [0.1, 0.15) is 36.1 Å². The van der Waals surface area contributed by atoms with E-state index in [2.05, 4.69) is 81.3 Å². The van der Waals surface area contributed by atoms with Crippen LogP contribution in [-0.4, -0.2) is 59.8 Å². The van der Waals surface area contributed by atoms with Crippen LogP contribution in [0.1, 0.15) is 0 Å². The van der Waals surface area contributed by atoms with Crippen LogP contribution in [0.5, 0.6) is 0 Å². The number of rotatable bonds is 6. The molecule has 0 aliphatic heterocycles. The number of benzene rings is 4. The first-order valence-corrected chi connectivity index (χ1v) is 17.0. The highest BCUT2D eigenvalue weighted by molar-refractivity contribution is 6.25. The van der Waals surface area contributed by atoms with Gasteiger partial charge in [-0.1, -0.05) is 54.6 Å². The molecular formula is C42H24N12. The van der Waals surface area contributed by atoms with Crippen LogP contribution in [0, 0.1) is 0 Å². The third-order valence-corrected chi connectivity index (χ3v) is 9.09. The summed E-state index contributed by atoms with van der Waals surface area (Å²) in [5.74, 6) is 3.02. The molecule has 10 rings (SSSR count). The zero-order chi connectivity index (χ0) is 35.8. The van der Waals surface area contributed by atoms with Gasteiger partial charge in [-0.2, -0.15) is 0 Å². The van der Waals surface area contributed by atoms with Gasteiger partial charge in [0.2, 0.25) is 0 Å². The quantitative estimate of drug-likeness (QED) is 0.155. The van der Waals surface area contributed by atoms with Crippen LogP contribution < -0.4 is 0 Å². The average Bonchev–Trinajstić information content (AvgIpc) is 3.26. The van der Waals surface area contributed by atoms with E-state index < -0.39 is 0 Å². The third-order valence-electron chi connectivity index (χ3n) is 9.09. The van der Waals surface area contributed by atoms with Crippen molar-refractivity contribution >= 4 is 32.3 Å². The van der Waals surface area contributed by atoms with Gasteiger partial charge in [-0.25, -0.2) is 44.9 Å². The van der Waals surface area contributed by atoms with E-state index in [0.717, 1.165) is 49.0 Å². The molecule has 0 unspecified atom stereocenters. The highest BCUT2D eigenvalue weighted by Crippen LogP contribution is 2.42. The Bertz CT molecular complexity index is 2990. The molecular weight excluding hydrogens is 673 g/mol. The number of aromatic nitrogens is 12. The minimum Gasteiger partial charge on any atom is -0.253 e. The third kappa shape index (κ3) is 5.51. The van der Waals surface area contributed by atoms with Crippen LogP contribution in [0.15, 0.2) is 147 Å². The number of nitrogens with zero attached hydrogens (tertiary/aromatic N) is 12. The monoisotopic (exact) mass is 696 g/mol. The van der Waals surface area contributed by atoms with Gasteiger partial charge in [-0.3, -0.25) is 15.0 Å². The SMILES string of the molecule is c1ccc(-c2ncnc(-c3ccc4c(-c5ncnc(-c6ccccn6)n5)cc5cc(-c6ncnc(-c7ccccn7)n6)c6ccccc6c5c4c3)n2)nc1. The summed E-state index contributed by atoms with van der Waals surface area (Å²) in [6.07, 6.45) is 9.74. The molecule has 252 valence electrons. The number of hydrogen-bond acceptors (Lipinski definition) is 12. The molecule has 0 bridgehead atoms. The van der Waals surface area contributed by atoms with Crippen molar-refractivity contribution in [2.24, 2.45) is 0 Å². The van der Waals surface area contributed by atoms with Crippen molar-refractivity contribution in [1.29, 1.82) is 0 Å². The first-order chi connectivity index (χ1) is 26.8. The molecule has 0 saturated carbocycles. The van der Waals surface area contributed by atoms with Crippen molar-refractivity contribution in [3.63, 3.8) is 0 Å². The number of hydrogen-bond donors (Lipinski definition) is 0. The number of fused-ring (bicyclic) bond motifs is 5. The minimum atomic E-state index is 0.476. The summed E-state index contributed by atoms with van der Waals surface area (Å²) < 4.78 is 0. The Labute approximate surface area is 306 Å². The van der Waals surface area contributed by atoms with E-state index in [4.69, 9.17) is 15.0 Å². The Morgan fingerprint density at radius 3 is 1.28 bits per heavy atom. The molecule has 6 heterocycles. The summed E-state index contributed by atoms with van der Waals surface area (Å²) in [7, 11) is 0. The lowest BCUT2D eigenvalue weighted by molar-refractivity contribution is 1.05. The first kappa shape index (κ1) is 30.9. The minimum absolute atomic E-state index is 0.476. The van der Waals surface area contributed by atoms with Gasteiger partial charge >= 0.3 is 0 Å². The van der Waals surface area contributed by atoms with Crippen molar-refractivity contribution in [3.8, 4) is 68.7 Å². The molecule has 0 atom stereocenters. The molecule has 12 heteroatoms. The fourth-order valence-corrected chi connectivity index (χ4v) is 6.68. The van der Waals surface area contributed by atoms with E-state index in [9.17, 15) is 0 Å². The summed E-state index contributed by atoms with van der Waals surface area (Å²) in [5, 5.41) is 5.89. The van der Waals surface area contributed by atoms with E-state index in [-0.39, 0.29) is 0 Å². The summed E-state index contributed by atoms with van der Waals surface area (Å²) in [5.41, 5.74) is 4.46. The molecule has 0 aliphatic rings. The predicted molar refractivity (Wildman–Crippen MR) is 205 cm³/mol. The molecule has 12 nitrogen and oxygen atoms in total. The van der Waals surface area contributed by atoms with Gasteiger partial charge < -0.3 is 0 Å². The molecule has 4 aromatic carbocycles. The topological polar surface area (TPSA) is 155 Å². The Balaban J connectivity index is 1.24. The van der Waals surface area contributed by atoms with E-state index in [1.165, 1.54) is 19.0 Å². The Morgan fingerprint density at radius 1 is 0.315 bits per heavy atom. The van der Waals surface area contributed by atoms with Crippen LogP contribution in [0.25, 0.3) is 101 Å². The second kappa shape index (κ2) is 13.0. The second-order valence-electron chi connectivity index (χ2n) is 12.3. The summed E-state index contributed by atoms with van der Waals surface area (Å²) in [6.45, 7) is 0. The molecule has 6 aromatic heterocycles. The molecule has 0 aliphatic carbocycles. The lowest BCUT2D eigenvalue weighted by Crippen LogP contribution is -1.99. The molecule has 0 saturated heterocycles. The largest absolute Gasteiger partial charge is 0.253 e. The number of pyridine rings is 3. The molecule has 0 amide bonds. The van der Waals surface area contributed by atoms with E-state index in [1.807, 2.05) is 72.8 Å². The van der Waals surface area contributed by atoms with Gasteiger partial charge in [0.15, 0.2) is 34.9 Å². The second-order valence-corrected chi connectivity index (χ2v) is 12.3. The van der Waals surface area contributed by atoms with Crippen LogP contribution in [0.4, 0.5) is 0 Å². The van der Waals surface area contributed by atoms with Crippen LogP contribution in [0.3, 0.4) is 0 Å². The Hall–Kier alpha value is -7.86. The average molecular weight is 697 g/mol. The van der Waals surface area contributed by atoms with Crippen molar-refractivity contribution in [1.82, 2.24) is 59.8 Å². The molecule has 54 heavy (non-hydrogen) atoms. The maximum atomic E-state index is 4.92. The van der Waals surface area contributed by atoms with Gasteiger partial charge in [0.25, 0.3) is 0 Å². The summed E-state index contributed by atoms with van der Waals surface area (Å²) in [6, 6.07) is 35.7. The van der Waals surface area contributed by atoms with Crippen molar-refractivity contribution in [2.45, 2.75) is 0 Å². The highest BCUT2D eigenvalue weighted by atomic mass is 15.0. The maximum Gasteiger partial charge on any atom is 0.181 e. The molecule has 10 aromatic rings. The van der Waals surface area contributed by atoms with Gasteiger partial charge in [-0.15, -0.1) is 0 Å².